The molecule has 0 spiro atoms. The number of benzene rings is 1. The summed E-state index contributed by atoms with van der Waals surface area (Å²) in [5.74, 6) is 1.41. The molecule has 10 nitrogen and oxygen atoms in total. The van der Waals surface area contributed by atoms with E-state index in [1.807, 2.05) is 18.2 Å². The third kappa shape index (κ3) is 6.47. The number of nitrogens with one attached hydrogen (secondary N) is 2. The summed E-state index contributed by atoms with van der Waals surface area (Å²) in [6.07, 6.45) is 4.05. The summed E-state index contributed by atoms with van der Waals surface area (Å²) in [6.45, 7) is 3.08. The van der Waals surface area contributed by atoms with E-state index in [0.29, 0.717) is 50.8 Å². The Balaban J connectivity index is 1.63. The molecule has 2 heterocycles. The molecule has 1 saturated heterocycles. The Hall–Kier alpha value is -2.76. The lowest BCUT2D eigenvalue weighted by Gasteiger charge is -2.31. The molecule has 0 atom stereocenters. The topological polar surface area (TPSA) is 134 Å². The zero-order valence-electron chi connectivity index (χ0n) is 19.7. The highest BCUT2D eigenvalue weighted by Gasteiger charge is 2.39. The van der Waals surface area contributed by atoms with Crippen LogP contribution in [-0.2, 0) is 20.9 Å². The lowest BCUT2D eigenvalue weighted by atomic mass is 9.84. The third-order valence-electron chi connectivity index (χ3n) is 6.60. The Bertz CT molecular complexity index is 1070. The summed E-state index contributed by atoms with van der Waals surface area (Å²) in [5, 5.41) is 14.3. The molecule has 2 amide bonds. The molecule has 190 valence electrons. The predicted octanol–water partition coefficient (Wildman–Crippen LogP) is 1.91. The Morgan fingerprint density at radius 1 is 1.11 bits per heavy atom. The van der Waals surface area contributed by atoms with Crippen molar-refractivity contribution < 1.29 is 23.1 Å². The SMILES string of the molecule is O=C(NCCCO)Nc1ccc(-c2nc(N3CCOCC3)cc(C3(C[SH](=O)=O)CCCC3)n2)cc1. The average molecular weight is 504 g/mol. The lowest BCUT2D eigenvalue weighted by molar-refractivity contribution is 0.122. The molecule has 3 N–H and O–H groups in total. The standard InChI is InChI=1S/C24H33N5O5S/c30-13-3-10-25-23(31)26-19-6-4-18(5-7-19)22-27-20(24(17-35(32)33)8-1-2-9-24)16-21(28-22)29-11-14-34-15-12-29/h4-7,16,30,35H,1-3,8-15,17H2,(H2,25,26,31). The maximum atomic E-state index is 12.0. The molecule has 1 saturated carbocycles. The Labute approximate surface area is 207 Å². The van der Waals surface area contributed by atoms with Crippen molar-refractivity contribution in [1.82, 2.24) is 15.3 Å². The molecule has 1 aromatic heterocycles. The number of anilines is 2. The summed E-state index contributed by atoms with van der Waals surface area (Å²) in [5.41, 5.74) is 1.70. The van der Waals surface area contributed by atoms with Gasteiger partial charge in [-0.05, 0) is 43.5 Å². The third-order valence-corrected chi connectivity index (χ3v) is 7.47. The highest BCUT2D eigenvalue weighted by molar-refractivity contribution is 7.72. The molecule has 0 radical (unpaired) electrons. The maximum Gasteiger partial charge on any atom is 0.319 e. The molecule has 4 rings (SSSR count). The number of nitrogens with zero attached hydrogens (tertiary/aromatic N) is 3. The van der Waals surface area contributed by atoms with E-state index in [1.165, 1.54) is 0 Å². The molecular weight excluding hydrogens is 470 g/mol. The molecule has 11 heteroatoms. The monoisotopic (exact) mass is 503 g/mol. The van der Waals surface area contributed by atoms with E-state index < -0.39 is 16.1 Å². The minimum absolute atomic E-state index is 0.0209. The first-order chi connectivity index (χ1) is 17.0. The van der Waals surface area contributed by atoms with Crippen LogP contribution in [0.1, 0.15) is 37.8 Å². The zero-order valence-corrected chi connectivity index (χ0v) is 20.6. The molecule has 2 aliphatic rings. The highest BCUT2D eigenvalue weighted by Crippen LogP contribution is 2.42. The molecular formula is C24H33N5O5S. The van der Waals surface area contributed by atoms with E-state index in [9.17, 15) is 13.2 Å². The molecule has 0 unspecified atom stereocenters. The largest absolute Gasteiger partial charge is 0.396 e. The summed E-state index contributed by atoms with van der Waals surface area (Å²) in [4.78, 5) is 23.9. The van der Waals surface area contributed by atoms with Crippen molar-refractivity contribution in [2.24, 2.45) is 0 Å². The van der Waals surface area contributed by atoms with Crippen LogP contribution >= 0.6 is 0 Å². The Morgan fingerprint density at radius 3 is 2.49 bits per heavy atom. The van der Waals surface area contributed by atoms with Crippen LogP contribution in [0.25, 0.3) is 11.4 Å². The number of rotatable bonds is 9. The van der Waals surface area contributed by atoms with Gasteiger partial charge in [-0.3, -0.25) is 0 Å². The van der Waals surface area contributed by atoms with Gasteiger partial charge in [0.05, 0.1) is 24.7 Å². The maximum absolute atomic E-state index is 12.0. The molecule has 1 aromatic carbocycles. The highest BCUT2D eigenvalue weighted by atomic mass is 32.2. The number of aromatic nitrogens is 2. The summed E-state index contributed by atoms with van der Waals surface area (Å²) >= 11 is 0. The second-order valence-corrected chi connectivity index (χ2v) is 10.0. The van der Waals surface area contributed by atoms with Gasteiger partial charge in [0.1, 0.15) is 16.5 Å². The first kappa shape index (κ1) is 25.3. The van der Waals surface area contributed by atoms with E-state index in [2.05, 4.69) is 15.5 Å². The number of ether oxygens (including phenoxy) is 1. The van der Waals surface area contributed by atoms with Crippen molar-refractivity contribution in [2.75, 3.05) is 55.4 Å². The number of aliphatic hydroxyl groups excluding tert-OH is 1. The van der Waals surface area contributed by atoms with Gasteiger partial charge in [0.15, 0.2) is 5.82 Å². The van der Waals surface area contributed by atoms with Crippen LogP contribution in [0.5, 0.6) is 0 Å². The number of morpholine rings is 1. The van der Waals surface area contributed by atoms with Gasteiger partial charge >= 0.3 is 6.03 Å². The number of carbonyl (C=O) groups excluding carboxylic acids is 1. The quantitative estimate of drug-likeness (QED) is 0.301. The average Bonchev–Trinajstić information content (AvgIpc) is 3.34. The van der Waals surface area contributed by atoms with Crippen molar-refractivity contribution in [2.45, 2.75) is 37.5 Å². The van der Waals surface area contributed by atoms with E-state index in [-0.39, 0.29) is 18.4 Å². The van der Waals surface area contributed by atoms with Gasteiger partial charge in [0.2, 0.25) is 0 Å². The molecule has 2 fully saturated rings. The van der Waals surface area contributed by atoms with Crippen molar-refractivity contribution in [3.8, 4) is 11.4 Å². The van der Waals surface area contributed by atoms with Gasteiger partial charge in [-0.1, -0.05) is 12.8 Å². The van der Waals surface area contributed by atoms with Crippen LogP contribution in [0.3, 0.4) is 0 Å². The van der Waals surface area contributed by atoms with Crippen LogP contribution in [0.2, 0.25) is 0 Å². The number of aliphatic hydroxyl groups is 1. The Kier molecular flexibility index (Phi) is 8.53. The summed E-state index contributed by atoms with van der Waals surface area (Å²) < 4.78 is 29.1. The van der Waals surface area contributed by atoms with E-state index >= 15 is 0 Å². The van der Waals surface area contributed by atoms with Gasteiger partial charge in [0.25, 0.3) is 0 Å². The predicted molar refractivity (Wildman–Crippen MR) is 135 cm³/mol. The van der Waals surface area contributed by atoms with Gasteiger partial charge in [-0.25, -0.2) is 23.2 Å². The smallest absolute Gasteiger partial charge is 0.319 e. The van der Waals surface area contributed by atoms with Crippen LogP contribution in [0.4, 0.5) is 16.3 Å². The van der Waals surface area contributed by atoms with Gasteiger partial charge in [0, 0.05) is 49.0 Å². The van der Waals surface area contributed by atoms with Crippen LogP contribution in [0, 0.1) is 0 Å². The second kappa shape index (κ2) is 11.8. The summed E-state index contributed by atoms with van der Waals surface area (Å²) in [6, 6.07) is 8.89. The van der Waals surface area contributed by atoms with Gasteiger partial charge in [-0.2, -0.15) is 0 Å². The fraction of sp³-hybridized carbons (Fsp3) is 0.542. The fourth-order valence-corrected chi connectivity index (χ4v) is 5.72. The van der Waals surface area contributed by atoms with E-state index in [1.54, 1.807) is 12.1 Å². The van der Waals surface area contributed by atoms with E-state index in [4.69, 9.17) is 19.8 Å². The summed E-state index contributed by atoms with van der Waals surface area (Å²) in [7, 11) is -2.54. The van der Waals surface area contributed by atoms with Crippen molar-refractivity contribution in [3.05, 3.63) is 36.0 Å². The fourth-order valence-electron chi connectivity index (χ4n) is 4.74. The lowest BCUT2D eigenvalue weighted by Crippen LogP contribution is -2.37. The number of carbonyl (C=O) groups is 1. The van der Waals surface area contributed by atoms with Crippen LogP contribution in [-0.4, -0.2) is 74.7 Å². The molecule has 1 aliphatic heterocycles. The second-order valence-electron chi connectivity index (χ2n) is 9.05. The first-order valence-corrected chi connectivity index (χ1v) is 13.5. The minimum Gasteiger partial charge on any atom is -0.396 e. The number of urea groups is 1. The minimum atomic E-state index is -2.54. The number of hydrogen-bond acceptors (Lipinski definition) is 8. The van der Waals surface area contributed by atoms with Crippen molar-refractivity contribution in [3.63, 3.8) is 0 Å². The normalized spacial score (nSPS) is 17.5. The molecule has 0 bridgehead atoms. The van der Waals surface area contributed by atoms with E-state index in [0.717, 1.165) is 42.8 Å². The van der Waals surface area contributed by atoms with Gasteiger partial charge in [-0.15, -0.1) is 0 Å². The number of amides is 2. The Morgan fingerprint density at radius 2 is 1.83 bits per heavy atom. The van der Waals surface area contributed by atoms with Crippen molar-refractivity contribution >= 4 is 28.2 Å². The van der Waals surface area contributed by atoms with Crippen LogP contribution < -0.4 is 15.5 Å². The number of hydrogen-bond donors (Lipinski definition) is 4. The first-order valence-electron chi connectivity index (χ1n) is 12.1. The van der Waals surface area contributed by atoms with Gasteiger partial charge < -0.3 is 25.4 Å². The molecule has 2 aromatic rings. The van der Waals surface area contributed by atoms with Crippen molar-refractivity contribution in [1.29, 1.82) is 0 Å². The number of thiol groups is 1. The van der Waals surface area contributed by atoms with Crippen LogP contribution in [0.15, 0.2) is 30.3 Å². The zero-order chi connectivity index (χ0) is 24.7. The molecule has 1 aliphatic carbocycles. The molecule has 35 heavy (non-hydrogen) atoms.